The highest BCUT2D eigenvalue weighted by atomic mass is 32.2. The molecule has 2 saturated heterocycles. The third-order valence-electron chi connectivity index (χ3n) is 4.08. The van der Waals surface area contributed by atoms with E-state index in [9.17, 15) is 18.0 Å². The number of sulfone groups is 1. The Morgan fingerprint density at radius 3 is 2.35 bits per heavy atom. The number of amides is 2. The largest absolute Gasteiger partial charge is 0.334 e. The van der Waals surface area contributed by atoms with Crippen LogP contribution in [0.25, 0.3) is 0 Å². The molecule has 0 saturated carbocycles. The van der Waals surface area contributed by atoms with Gasteiger partial charge in [-0.25, -0.2) is 8.42 Å². The van der Waals surface area contributed by atoms with Crippen LogP contribution in [0.15, 0.2) is 0 Å². The molecule has 0 radical (unpaired) electrons. The molecule has 0 aromatic heterocycles. The minimum Gasteiger partial charge on any atom is -0.334 e. The van der Waals surface area contributed by atoms with Gasteiger partial charge in [0.05, 0.1) is 11.5 Å². The average Bonchev–Trinajstić information content (AvgIpc) is 2.79. The molecule has 1 atom stereocenters. The van der Waals surface area contributed by atoms with Gasteiger partial charge < -0.3 is 9.80 Å². The van der Waals surface area contributed by atoms with Gasteiger partial charge in [-0.05, 0) is 32.6 Å². The van der Waals surface area contributed by atoms with Crippen molar-refractivity contribution in [2.24, 2.45) is 0 Å². The number of hydrogen-bond donors (Lipinski definition) is 0. The van der Waals surface area contributed by atoms with Crippen LogP contribution in [0.4, 0.5) is 0 Å². The van der Waals surface area contributed by atoms with Crippen LogP contribution < -0.4 is 0 Å². The number of hydrogen-bond acceptors (Lipinski definition) is 4. The Morgan fingerprint density at radius 2 is 1.85 bits per heavy atom. The Hall–Kier alpha value is -1.11. The van der Waals surface area contributed by atoms with Gasteiger partial charge in [-0.15, -0.1) is 0 Å². The van der Waals surface area contributed by atoms with Crippen LogP contribution in [-0.2, 0) is 19.4 Å². The van der Waals surface area contributed by atoms with Crippen molar-refractivity contribution in [2.45, 2.75) is 38.6 Å². The first-order valence-electron chi connectivity index (χ1n) is 7.25. The summed E-state index contributed by atoms with van der Waals surface area (Å²) in [6.45, 7) is 3.42. The van der Waals surface area contributed by atoms with Crippen molar-refractivity contribution in [2.75, 3.05) is 31.1 Å². The molecule has 7 heteroatoms. The van der Waals surface area contributed by atoms with Crippen LogP contribution in [0.2, 0.25) is 0 Å². The summed E-state index contributed by atoms with van der Waals surface area (Å²) >= 11 is 0. The molecular formula is C13H22N2O4S. The zero-order chi connectivity index (χ0) is 14.8. The maximum Gasteiger partial charge on any atom is 0.312 e. The van der Waals surface area contributed by atoms with E-state index >= 15 is 0 Å². The smallest absolute Gasteiger partial charge is 0.312 e. The van der Waals surface area contributed by atoms with Gasteiger partial charge in [-0.3, -0.25) is 9.59 Å². The van der Waals surface area contributed by atoms with Crippen molar-refractivity contribution in [3.8, 4) is 0 Å². The fourth-order valence-electron chi connectivity index (χ4n) is 2.94. The van der Waals surface area contributed by atoms with Crippen LogP contribution in [0.1, 0.15) is 32.6 Å². The van der Waals surface area contributed by atoms with E-state index in [2.05, 4.69) is 0 Å². The molecule has 114 valence electrons. The second-order valence-corrected chi connectivity index (χ2v) is 7.73. The topological polar surface area (TPSA) is 74.8 Å². The normalized spacial score (nSPS) is 25.4. The summed E-state index contributed by atoms with van der Waals surface area (Å²) in [4.78, 5) is 27.5. The first-order chi connectivity index (χ1) is 9.44. The van der Waals surface area contributed by atoms with E-state index in [0.29, 0.717) is 26.1 Å². The fraction of sp³-hybridized carbons (Fsp3) is 0.846. The van der Waals surface area contributed by atoms with Crippen LogP contribution in [-0.4, -0.2) is 67.2 Å². The minimum atomic E-state index is -3.05. The van der Waals surface area contributed by atoms with Crippen molar-refractivity contribution >= 4 is 21.7 Å². The number of rotatable bonds is 2. The van der Waals surface area contributed by atoms with Crippen LogP contribution >= 0.6 is 0 Å². The lowest BCUT2D eigenvalue weighted by Gasteiger charge is -2.31. The Balaban J connectivity index is 2.03. The summed E-state index contributed by atoms with van der Waals surface area (Å²) in [6, 6.07) is -0.341. The zero-order valence-corrected chi connectivity index (χ0v) is 12.7. The Labute approximate surface area is 120 Å². The Bertz CT molecular complexity index is 483. The van der Waals surface area contributed by atoms with Crippen LogP contribution in [0, 0.1) is 0 Å². The lowest BCUT2D eigenvalue weighted by molar-refractivity contribution is -0.153. The van der Waals surface area contributed by atoms with Gasteiger partial charge in [-0.2, -0.15) is 0 Å². The first kappa shape index (κ1) is 15.3. The highest BCUT2D eigenvalue weighted by molar-refractivity contribution is 7.91. The zero-order valence-electron chi connectivity index (χ0n) is 11.9. The van der Waals surface area contributed by atoms with Gasteiger partial charge in [0.1, 0.15) is 0 Å². The molecule has 2 fully saturated rings. The van der Waals surface area contributed by atoms with E-state index in [1.54, 1.807) is 11.8 Å². The molecule has 20 heavy (non-hydrogen) atoms. The standard InChI is InChI=1S/C13H22N2O4S/c1-2-15(11-6-9-20(18,19)10-11)13(17)12(16)14-7-4-3-5-8-14/h11H,2-10H2,1H3. The predicted molar refractivity (Wildman–Crippen MR) is 74.9 cm³/mol. The highest BCUT2D eigenvalue weighted by Crippen LogP contribution is 2.19. The highest BCUT2D eigenvalue weighted by Gasteiger charge is 2.37. The van der Waals surface area contributed by atoms with E-state index < -0.39 is 21.7 Å². The molecule has 0 aliphatic carbocycles. The Morgan fingerprint density at radius 1 is 1.20 bits per heavy atom. The molecule has 2 heterocycles. The molecule has 2 rings (SSSR count). The maximum atomic E-state index is 12.3. The molecule has 2 aliphatic heterocycles. The predicted octanol–water partition coefficient (Wildman–Crippen LogP) is 0.0345. The van der Waals surface area contributed by atoms with E-state index in [0.717, 1.165) is 19.3 Å². The van der Waals surface area contributed by atoms with E-state index in [1.165, 1.54) is 4.90 Å². The quantitative estimate of drug-likeness (QED) is 0.675. The van der Waals surface area contributed by atoms with Gasteiger partial charge >= 0.3 is 11.8 Å². The molecule has 0 aromatic carbocycles. The first-order valence-corrected chi connectivity index (χ1v) is 9.07. The second kappa shape index (κ2) is 6.11. The monoisotopic (exact) mass is 302 g/mol. The summed E-state index contributed by atoms with van der Waals surface area (Å²) in [5, 5.41) is 0. The number of carbonyl (C=O) groups is 2. The molecule has 0 aromatic rings. The fourth-order valence-corrected chi connectivity index (χ4v) is 4.67. The van der Waals surface area contributed by atoms with E-state index in [1.807, 2.05) is 0 Å². The summed E-state index contributed by atoms with van der Waals surface area (Å²) in [5.74, 6) is -0.925. The molecule has 0 N–H and O–H groups in total. The summed E-state index contributed by atoms with van der Waals surface area (Å²) in [7, 11) is -3.05. The van der Waals surface area contributed by atoms with Gasteiger partial charge in [-0.1, -0.05) is 0 Å². The number of nitrogens with zero attached hydrogens (tertiary/aromatic N) is 2. The molecule has 2 aliphatic rings. The second-order valence-electron chi connectivity index (χ2n) is 5.50. The number of likely N-dealkylation sites (N-methyl/N-ethyl adjacent to an activating group) is 1. The summed E-state index contributed by atoms with van der Waals surface area (Å²) in [5.41, 5.74) is 0. The third-order valence-corrected chi connectivity index (χ3v) is 5.83. The maximum absolute atomic E-state index is 12.3. The third kappa shape index (κ3) is 3.31. The summed E-state index contributed by atoms with van der Waals surface area (Å²) < 4.78 is 23.0. The van der Waals surface area contributed by atoms with E-state index in [-0.39, 0.29) is 17.5 Å². The molecule has 0 spiro atoms. The van der Waals surface area contributed by atoms with Gasteiger partial charge in [0.2, 0.25) is 0 Å². The lowest BCUT2D eigenvalue weighted by atomic mass is 10.1. The molecule has 2 amide bonds. The van der Waals surface area contributed by atoms with Crippen LogP contribution in [0.5, 0.6) is 0 Å². The van der Waals surface area contributed by atoms with E-state index in [4.69, 9.17) is 0 Å². The number of piperidine rings is 1. The molecule has 6 nitrogen and oxygen atoms in total. The van der Waals surface area contributed by atoms with Crippen molar-refractivity contribution in [1.29, 1.82) is 0 Å². The van der Waals surface area contributed by atoms with Crippen molar-refractivity contribution in [3.63, 3.8) is 0 Å². The number of carbonyl (C=O) groups excluding carboxylic acids is 2. The number of likely N-dealkylation sites (tertiary alicyclic amines) is 1. The lowest BCUT2D eigenvalue weighted by Crippen LogP contribution is -2.50. The Kier molecular flexibility index (Phi) is 4.67. The summed E-state index contributed by atoms with van der Waals surface area (Å²) in [6.07, 6.45) is 3.40. The van der Waals surface area contributed by atoms with Crippen molar-refractivity contribution < 1.29 is 18.0 Å². The van der Waals surface area contributed by atoms with Gasteiger partial charge in [0, 0.05) is 25.7 Å². The average molecular weight is 302 g/mol. The molecule has 0 bridgehead atoms. The minimum absolute atomic E-state index is 0.0140. The van der Waals surface area contributed by atoms with Crippen molar-refractivity contribution in [3.05, 3.63) is 0 Å². The molecular weight excluding hydrogens is 280 g/mol. The molecule has 1 unspecified atom stereocenters. The van der Waals surface area contributed by atoms with Gasteiger partial charge in [0.15, 0.2) is 9.84 Å². The van der Waals surface area contributed by atoms with Gasteiger partial charge in [0.25, 0.3) is 0 Å². The van der Waals surface area contributed by atoms with Crippen molar-refractivity contribution in [1.82, 2.24) is 9.80 Å². The SMILES string of the molecule is CCN(C(=O)C(=O)N1CCCCC1)C1CCS(=O)(=O)C1. The van der Waals surface area contributed by atoms with Crippen LogP contribution in [0.3, 0.4) is 0 Å².